The third-order valence-corrected chi connectivity index (χ3v) is 6.12. The molecule has 2 aromatic heterocycles. The van der Waals surface area contributed by atoms with Crippen molar-refractivity contribution in [1.29, 1.82) is 0 Å². The van der Waals surface area contributed by atoms with Crippen LogP contribution in [-0.4, -0.2) is 31.2 Å². The van der Waals surface area contributed by atoms with Crippen LogP contribution in [-0.2, 0) is 19.1 Å². The van der Waals surface area contributed by atoms with E-state index in [1.54, 1.807) is 6.92 Å². The van der Waals surface area contributed by atoms with Crippen LogP contribution in [0.2, 0.25) is 5.02 Å². The van der Waals surface area contributed by atoms with E-state index >= 15 is 0 Å². The molecule has 2 atom stereocenters. The number of anilines is 1. The van der Waals surface area contributed by atoms with Gasteiger partial charge in [0.25, 0.3) is 5.56 Å². The van der Waals surface area contributed by atoms with Crippen LogP contribution in [0.25, 0.3) is 0 Å². The van der Waals surface area contributed by atoms with Gasteiger partial charge in [-0.1, -0.05) is 29.8 Å². The van der Waals surface area contributed by atoms with Gasteiger partial charge in [-0.15, -0.1) is 5.10 Å². The number of aromatic nitrogens is 5. The zero-order chi connectivity index (χ0) is 23.2. The highest BCUT2D eigenvalue weighted by molar-refractivity contribution is 6.33. The van der Waals surface area contributed by atoms with Crippen LogP contribution in [0.5, 0.6) is 0 Å². The standard InChI is InChI=1S/C20H19ClF4N6O/c1-3-12-7-16-15(9-30(12)17-8-26-28-19(32)18(17)21)27-29-31(16)10(2)13-5-4-11(22)6-14(13)20(23,24)25/h4-6,8,10,12H,3,7,9H2,1-2H3,(H,28,32)/t10-,12+/m0/s1. The second-order valence-corrected chi connectivity index (χ2v) is 8.00. The molecule has 12 heteroatoms. The molecule has 1 N–H and O–H groups in total. The minimum absolute atomic E-state index is 0.00351. The molecule has 3 heterocycles. The van der Waals surface area contributed by atoms with E-state index in [2.05, 4.69) is 20.5 Å². The molecule has 0 spiro atoms. The van der Waals surface area contributed by atoms with E-state index in [4.69, 9.17) is 11.6 Å². The lowest BCUT2D eigenvalue weighted by atomic mass is 9.97. The van der Waals surface area contributed by atoms with Crippen LogP contribution in [0.15, 0.2) is 29.2 Å². The highest BCUT2D eigenvalue weighted by Gasteiger charge is 2.37. The first-order valence-corrected chi connectivity index (χ1v) is 10.3. The molecule has 0 bridgehead atoms. The lowest BCUT2D eigenvalue weighted by molar-refractivity contribution is -0.138. The molecule has 0 saturated heterocycles. The van der Waals surface area contributed by atoms with Crippen LogP contribution in [0.1, 0.15) is 48.8 Å². The van der Waals surface area contributed by atoms with Crippen molar-refractivity contribution >= 4 is 17.3 Å². The first kappa shape index (κ1) is 22.3. The second kappa shape index (κ2) is 8.19. The highest BCUT2D eigenvalue weighted by atomic mass is 35.5. The van der Waals surface area contributed by atoms with Crippen LogP contribution in [0, 0.1) is 5.82 Å². The molecule has 4 rings (SSSR count). The molecular formula is C20H19ClF4N6O. The van der Waals surface area contributed by atoms with Crippen LogP contribution in [0.4, 0.5) is 23.2 Å². The van der Waals surface area contributed by atoms with Crippen molar-refractivity contribution < 1.29 is 17.6 Å². The normalized spacial score (nSPS) is 17.3. The average Bonchev–Trinajstić information content (AvgIpc) is 3.16. The van der Waals surface area contributed by atoms with Gasteiger partial charge in [-0.05, 0) is 31.0 Å². The summed E-state index contributed by atoms with van der Waals surface area (Å²) < 4.78 is 55.6. The van der Waals surface area contributed by atoms with Crippen LogP contribution < -0.4 is 10.5 Å². The van der Waals surface area contributed by atoms with Gasteiger partial charge in [-0.3, -0.25) is 4.79 Å². The molecule has 7 nitrogen and oxygen atoms in total. The van der Waals surface area contributed by atoms with E-state index < -0.39 is 29.2 Å². The Kier molecular flexibility index (Phi) is 5.70. The maximum absolute atomic E-state index is 13.5. The average molecular weight is 471 g/mol. The Morgan fingerprint density at radius 2 is 2.09 bits per heavy atom. The summed E-state index contributed by atoms with van der Waals surface area (Å²) in [6.07, 6.45) is -2.15. The van der Waals surface area contributed by atoms with Gasteiger partial charge in [-0.2, -0.15) is 18.3 Å². The van der Waals surface area contributed by atoms with E-state index in [1.165, 1.54) is 10.9 Å². The summed E-state index contributed by atoms with van der Waals surface area (Å²) in [7, 11) is 0. The Morgan fingerprint density at radius 1 is 1.34 bits per heavy atom. The van der Waals surface area contributed by atoms with E-state index in [1.807, 2.05) is 11.8 Å². The largest absolute Gasteiger partial charge is 0.416 e. The van der Waals surface area contributed by atoms with Crippen molar-refractivity contribution in [2.75, 3.05) is 4.90 Å². The third-order valence-electron chi connectivity index (χ3n) is 5.76. The van der Waals surface area contributed by atoms with Crippen molar-refractivity contribution in [1.82, 2.24) is 25.2 Å². The summed E-state index contributed by atoms with van der Waals surface area (Å²) in [5, 5.41) is 14.4. The maximum Gasteiger partial charge on any atom is 0.416 e. The highest BCUT2D eigenvalue weighted by Crippen LogP contribution is 2.38. The maximum atomic E-state index is 13.5. The number of hydrogen-bond acceptors (Lipinski definition) is 5. The van der Waals surface area contributed by atoms with E-state index in [-0.39, 0.29) is 23.2 Å². The number of alkyl halides is 3. The first-order valence-electron chi connectivity index (χ1n) is 9.91. The lowest BCUT2D eigenvalue weighted by Gasteiger charge is -2.36. The Bertz CT molecular complexity index is 1210. The number of fused-ring (bicyclic) bond motifs is 1. The van der Waals surface area contributed by atoms with E-state index in [9.17, 15) is 22.4 Å². The topological polar surface area (TPSA) is 79.7 Å². The summed E-state index contributed by atoms with van der Waals surface area (Å²) in [6.45, 7) is 3.79. The zero-order valence-electron chi connectivity index (χ0n) is 17.1. The predicted molar refractivity (Wildman–Crippen MR) is 109 cm³/mol. The number of nitrogens with zero attached hydrogens (tertiary/aromatic N) is 5. The minimum Gasteiger partial charge on any atom is -0.359 e. The van der Waals surface area contributed by atoms with Crippen molar-refractivity contribution in [3.05, 3.63) is 68.1 Å². The van der Waals surface area contributed by atoms with Crippen molar-refractivity contribution in [2.24, 2.45) is 0 Å². The molecule has 3 aromatic rings. The molecular weight excluding hydrogens is 452 g/mol. The quantitative estimate of drug-likeness (QED) is 0.580. The predicted octanol–water partition coefficient (Wildman–Crippen LogP) is 4.12. The van der Waals surface area contributed by atoms with Gasteiger partial charge in [0.15, 0.2) is 0 Å². The van der Waals surface area contributed by atoms with Gasteiger partial charge >= 0.3 is 6.18 Å². The van der Waals surface area contributed by atoms with Gasteiger partial charge in [0, 0.05) is 12.5 Å². The van der Waals surface area contributed by atoms with Crippen LogP contribution in [0.3, 0.4) is 0 Å². The number of nitrogens with one attached hydrogen (secondary N) is 1. The Hall–Kier alpha value is -2.95. The molecule has 1 aliphatic rings. The SMILES string of the molecule is CC[C@@H]1Cc2c(nnn2[C@@H](C)c2ccc(F)cc2C(F)(F)F)CN1c1cn[nH]c(=O)c1Cl. The third kappa shape index (κ3) is 3.85. The Morgan fingerprint density at radius 3 is 2.78 bits per heavy atom. The van der Waals surface area contributed by atoms with Gasteiger partial charge in [-0.25, -0.2) is 14.2 Å². The fraction of sp³-hybridized carbons (Fsp3) is 0.400. The summed E-state index contributed by atoms with van der Waals surface area (Å²) in [5.74, 6) is -0.959. The van der Waals surface area contributed by atoms with Crippen LogP contribution >= 0.6 is 11.6 Å². The van der Waals surface area contributed by atoms with E-state index in [0.29, 0.717) is 36.0 Å². The Labute approximate surface area is 185 Å². The van der Waals surface area contributed by atoms with E-state index in [0.717, 1.165) is 12.1 Å². The molecule has 0 unspecified atom stereocenters. The molecule has 170 valence electrons. The Balaban J connectivity index is 1.74. The molecule has 0 radical (unpaired) electrons. The number of halogens is 5. The summed E-state index contributed by atoms with van der Waals surface area (Å²) in [4.78, 5) is 13.8. The molecule has 0 amide bonds. The molecule has 1 aliphatic heterocycles. The second-order valence-electron chi connectivity index (χ2n) is 7.63. The molecule has 32 heavy (non-hydrogen) atoms. The van der Waals surface area contributed by atoms with Gasteiger partial charge < -0.3 is 4.90 Å². The number of rotatable bonds is 4. The van der Waals surface area contributed by atoms with Crippen molar-refractivity contribution in [2.45, 2.75) is 51.5 Å². The fourth-order valence-corrected chi connectivity index (χ4v) is 4.31. The lowest BCUT2D eigenvalue weighted by Crippen LogP contribution is -2.41. The van der Waals surface area contributed by atoms with Gasteiger partial charge in [0.1, 0.15) is 16.5 Å². The zero-order valence-corrected chi connectivity index (χ0v) is 17.9. The molecule has 1 aromatic carbocycles. The van der Waals surface area contributed by atoms with Crippen molar-refractivity contribution in [3.8, 4) is 0 Å². The molecule has 0 fully saturated rings. The summed E-state index contributed by atoms with van der Waals surface area (Å²) in [5.41, 5.74) is 0.0519. The fourth-order valence-electron chi connectivity index (χ4n) is 4.11. The molecule has 0 saturated carbocycles. The first-order chi connectivity index (χ1) is 15.1. The monoisotopic (exact) mass is 470 g/mol. The summed E-state index contributed by atoms with van der Waals surface area (Å²) >= 11 is 6.18. The number of H-pyrrole nitrogens is 1. The number of aromatic amines is 1. The van der Waals surface area contributed by atoms with Gasteiger partial charge in [0.05, 0.1) is 35.7 Å². The van der Waals surface area contributed by atoms with Gasteiger partial charge in [0.2, 0.25) is 0 Å². The minimum atomic E-state index is -4.71. The van der Waals surface area contributed by atoms with Crippen molar-refractivity contribution in [3.63, 3.8) is 0 Å². The molecule has 0 aliphatic carbocycles. The smallest absolute Gasteiger partial charge is 0.359 e. The summed E-state index contributed by atoms with van der Waals surface area (Å²) in [6, 6.07) is 1.70. The number of hydrogen-bond donors (Lipinski definition) is 1. The number of benzene rings is 1.